The van der Waals surface area contributed by atoms with Crippen molar-refractivity contribution < 1.29 is 8.81 Å². The molecule has 19 heavy (non-hydrogen) atoms. The fourth-order valence-electron chi connectivity index (χ4n) is 1.45. The third-order valence-corrected chi connectivity index (χ3v) is 3.23. The van der Waals surface area contributed by atoms with Crippen molar-refractivity contribution in [1.82, 2.24) is 4.98 Å². The lowest BCUT2D eigenvalue weighted by Crippen LogP contribution is -1.94. The largest absolute Gasteiger partial charge is 0.440 e. The molecule has 2 aromatic rings. The zero-order valence-corrected chi connectivity index (χ0v) is 11.3. The minimum absolute atomic E-state index is 0.216. The Hall–Kier alpha value is -1.77. The Morgan fingerprint density at radius 2 is 2.32 bits per heavy atom. The molecule has 0 aliphatic heterocycles. The zero-order chi connectivity index (χ0) is 13.7. The first-order valence-corrected chi connectivity index (χ1v) is 6.70. The maximum absolute atomic E-state index is 13.5. The predicted octanol–water partition coefficient (Wildman–Crippen LogP) is 2.72. The molecule has 5 heteroatoms. The highest BCUT2D eigenvalue weighted by molar-refractivity contribution is 7.98. The molecule has 0 spiro atoms. The van der Waals surface area contributed by atoms with Crippen molar-refractivity contribution in [2.24, 2.45) is 5.73 Å². The fourth-order valence-corrected chi connectivity index (χ4v) is 2.24. The number of aryl methyl sites for hydroxylation is 1. The second-order valence-electron chi connectivity index (χ2n) is 3.86. The van der Waals surface area contributed by atoms with Crippen LogP contribution >= 0.6 is 11.8 Å². The van der Waals surface area contributed by atoms with Crippen LogP contribution < -0.4 is 5.73 Å². The van der Waals surface area contributed by atoms with Gasteiger partial charge >= 0.3 is 0 Å². The van der Waals surface area contributed by atoms with Gasteiger partial charge in [-0.25, -0.2) is 9.37 Å². The number of rotatable bonds is 3. The Kier molecular flexibility index (Phi) is 4.61. The summed E-state index contributed by atoms with van der Waals surface area (Å²) in [6, 6.07) is 4.86. The van der Waals surface area contributed by atoms with Gasteiger partial charge in [0.25, 0.3) is 5.22 Å². The van der Waals surface area contributed by atoms with Gasteiger partial charge in [0.05, 0.1) is 17.8 Å². The normalized spacial score (nSPS) is 10.1. The van der Waals surface area contributed by atoms with Gasteiger partial charge in [-0.1, -0.05) is 29.7 Å². The molecule has 1 heterocycles. The van der Waals surface area contributed by atoms with Crippen LogP contribution in [0, 0.1) is 24.6 Å². The summed E-state index contributed by atoms with van der Waals surface area (Å²) in [5.74, 6) is 5.69. The standard InChI is InChI=1S/C14H13FN2OS/c1-10-8-18-14(17-10)19-9-11-4-5-13(15)12(7-11)3-2-6-16/h4-5,7-8H,6,9,16H2,1H3. The van der Waals surface area contributed by atoms with Crippen LogP contribution in [-0.4, -0.2) is 11.5 Å². The molecule has 0 bridgehead atoms. The quantitative estimate of drug-likeness (QED) is 0.692. The van der Waals surface area contributed by atoms with Gasteiger partial charge in [0.15, 0.2) is 0 Å². The SMILES string of the molecule is Cc1coc(SCc2ccc(F)c(C#CCN)c2)n1. The van der Waals surface area contributed by atoms with Crippen LogP contribution in [0.4, 0.5) is 4.39 Å². The number of hydrogen-bond donors (Lipinski definition) is 1. The highest BCUT2D eigenvalue weighted by atomic mass is 32.2. The average molecular weight is 276 g/mol. The molecule has 2 rings (SSSR count). The molecule has 98 valence electrons. The van der Waals surface area contributed by atoms with Gasteiger partial charge in [-0.3, -0.25) is 0 Å². The van der Waals surface area contributed by atoms with Crippen LogP contribution in [0.1, 0.15) is 16.8 Å². The minimum atomic E-state index is -0.332. The third kappa shape index (κ3) is 3.85. The van der Waals surface area contributed by atoms with E-state index in [0.717, 1.165) is 11.3 Å². The van der Waals surface area contributed by atoms with Crippen molar-refractivity contribution in [3.63, 3.8) is 0 Å². The van der Waals surface area contributed by atoms with E-state index in [9.17, 15) is 4.39 Å². The molecule has 0 aliphatic rings. The molecule has 0 fully saturated rings. The Morgan fingerprint density at radius 1 is 1.47 bits per heavy atom. The van der Waals surface area contributed by atoms with Gasteiger partial charge in [0.1, 0.15) is 12.1 Å². The van der Waals surface area contributed by atoms with Crippen LogP contribution in [0.5, 0.6) is 0 Å². The monoisotopic (exact) mass is 276 g/mol. The third-order valence-electron chi connectivity index (χ3n) is 2.32. The summed E-state index contributed by atoms with van der Waals surface area (Å²) >= 11 is 1.46. The van der Waals surface area contributed by atoms with Gasteiger partial charge in [-0.05, 0) is 24.6 Å². The van der Waals surface area contributed by atoms with Gasteiger partial charge in [0.2, 0.25) is 0 Å². The van der Waals surface area contributed by atoms with Gasteiger partial charge < -0.3 is 10.2 Å². The van der Waals surface area contributed by atoms with E-state index in [4.69, 9.17) is 10.2 Å². The molecule has 0 unspecified atom stereocenters. The van der Waals surface area contributed by atoms with Crippen molar-refractivity contribution in [2.45, 2.75) is 17.9 Å². The van der Waals surface area contributed by atoms with Crippen LogP contribution in [0.2, 0.25) is 0 Å². The van der Waals surface area contributed by atoms with E-state index in [2.05, 4.69) is 16.8 Å². The summed E-state index contributed by atoms with van der Waals surface area (Å²) in [4.78, 5) is 4.19. The molecule has 1 aromatic heterocycles. The molecule has 1 aromatic carbocycles. The van der Waals surface area contributed by atoms with E-state index < -0.39 is 0 Å². The topological polar surface area (TPSA) is 52.0 Å². The number of thioether (sulfide) groups is 1. The van der Waals surface area contributed by atoms with Crippen molar-refractivity contribution >= 4 is 11.8 Å². The zero-order valence-electron chi connectivity index (χ0n) is 10.4. The summed E-state index contributed by atoms with van der Waals surface area (Å²) in [7, 11) is 0. The number of halogens is 1. The maximum Gasteiger partial charge on any atom is 0.256 e. The summed E-state index contributed by atoms with van der Waals surface area (Å²) in [6.07, 6.45) is 1.60. The van der Waals surface area contributed by atoms with Crippen molar-refractivity contribution in [1.29, 1.82) is 0 Å². The number of oxazole rings is 1. The van der Waals surface area contributed by atoms with E-state index in [-0.39, 0.29) is 12.4 Å². The van der Waals surface area contributed by atoms with Crippen LogP contribution in [0.3, 0.4) is 0 Å². The lowest BCUT2D eigenvalue weighted by atomic mass is 10.1. The van der Waals surface area contributed by atoms with E-state index in [1.54, 1.807) is 18.4 Å². The highest BCUT2D eigenvalue weighted by Crippen LogP contribution is 2.22. The Labute approximate surface area is 115 Å². The minimum Gasteiger partial charge on any atom is -0.440 e. The Balaban J connectivity index is 2.08. The van der Waals surface area contributed by atoms with Crippen LogP contribution in [0.15, 0.2) is 34.1 Å². The van der Waals surface area contributed by atoms with Gasteiger partial charge in [-0.2, -0.15) is 0 Å². The van der Waals surface area contributed by atoms with E-state index in [1.807, 2.05) is 6.92 Å². The molecule has 0 radical (unpaired) electrons. The Morgan fingerprint density at radius 3 is 3.00 bits per heavy atom. The summed E-state index contributed by atoms with van der Waals surface area (Å²) in [5, 5.41) is 0.608. The van der Waals surface area contributed by atoms with E-state index in [0.29, 0.717) is 16.5 Å². The van der Waals surface area contributed by atoms with E-state index >= 15 is 0 Å². The molecule has 0 saturated heterocycles. The number of nitrogens with zero attached hydrogens (tertiary/aromatic N) is 1. The molecule has 0 atom stereocenters. The molecule has 2 N–H and O–H groups in total. The second-order valence-corrected chi connectivity index (χ2v) is 4.79. The number of hydrogen-bond acceptors (Lipinski definition) is 4. The number of aromatic nitrogens is 1. The van der Waals surface area contributed by atoms with Crippen molar-refractivity contribution in [3.05, 3.63) is 47.1 Å². The molecule has 0 aliphatic carbocycles. The van der Waals surface area contributed by atoms with Crippen molar-refractivity contribution in [2.75, 3.05) is 6.54 Å². The highest BCUT2D eigenvalue weighted by Gasteiger charge is 2.05. The fraction of sp³-hybridized carbons (Fsp3) is 0.214. The average Bonchev–Trinajstić information content (AvgIpc) is 2.82. The first-order valence-electron chi connectivity index (χ1n) is 5.71. The molecular weight excluding hydrogens is 263 g/mol. The number of benzene rings is 1. The van der Waals surface area contributed by atoms with Crippen LogP contribution in [-0.2, 0) is 5.75 Å². The van der Waals surface area contributed by atoms with Gasteiger partial charge in [-0.15, -0.1) is 0 Å². The summed E-state index contributed by atoms with van der Waals surface area (Å²) in [5.41, 5.74) is 7.45. The molecule has 0 saturated carbocycles. The molecule has 3 nitrogen and oxygen atoms in total. The predicted molar refractivity (Wildman–Crippen MR) is 73.1 cm³/mol. The van der Waals surface area contributed by atoms with E-state index in [1.165, 1.54) is 17.8 Å². The lowest BCUT2D eigenvalue weighted by Gasteiger charge is -2.01. The first kappa shape index (κ1) is 13.7. The summed E-state index contributed by atoms with van der Waals surface area (Å²) < 4.78 is 18.7. The second kappa shape index (κ2) is 6.41. The van der Waals surface area contributed by atoms with Gasteiger partial charge in [0, 0.05) is 5.75 Å². The summed E-state index contributed by atoms with van der Waals surface area (Å²) in [6.45, 7) is 2.08. The molecule has 0 amide bonds. The van der Waals surface area contributed by atoms with Crippen LogP contribution in [0.25, 0.3) is 0 Å². The number of nitrogens with two attached hydrogens (primary N) is 1. The smallest absolute Gasteiger partial charge is 0.256 e. The maximum atomic E-state index is 13.5. The molecular formula is C14H13FN2OS. The Bertz CT molecular complexity index is 628. The first-order chi connectivity index (χ1) is 9.19. The lowest BCUT2D eigenvalue weighted by molar-refractivity contribution is 0.454. The van der Waals surface area contributed by atoms with Crippen molar-refractivity contribution in [3.8, 4) is 11.8 Å².